The molecule has 2 aliphatic rings. The summed E-state index contributed by atoms with van der Waals surface area (Å²) in [6.07, 6.45) is 5.01. The number of amides is 2. The van der Waals surface area contributed by atoms with Gasteiger partial charge < -0.3 is 10.2 Å². The minimum absolute atomic E-state index is 0.117. The maximum absolute atomic E-state index is 12.6. The minimum Gasteiger partial charge on any atom is -0.325 e. The van der Waals surface area contributed by atoms with E-state index in [-0.39, 0.29) is 6.03 Å². The van der Waals surface area contributed by atoms with Gasteiger partial charge in [-0.25, -0.2) is 13.2 Å². The van der Waals surface area contributed by atoms with E-state index in [4.69, 9.17) is 0 Å². The van der Waals surface area contributed by atoms with Gasteiger partial charge in [-0.15, -0.1) is 0 Å². The van der Waals surface area contributed by atoms with Gasteiger partial charge in [0.2, 0.25) is 10.0 Å². The Morgan fingerprint density at radius 1 is 0.870 bits per heavy atom. The first-order valence-corrected chi connectivity index (χ1v) is 9.67. The molecule has 1 N–H and O–H groups in total. The number of nitrogens with one attached hydrogen (secondary N) is 1. The van der Waals surface area contributed by atoms with Gasteiger partial charge in [0.05, 0.1) is 4.90 Å². The summed E-state index contributed by atoms with van der Waals surface area (Å²) in [5.41, 5.74) is 0.625. The molecule has 0 aliphatic carbocycles. The van der Waals surface area contributed by atoms with E-state index in [1.54, 1.807) is 33.5 Å². The number of urea groups is 1. The second kappa shape index (κ2) is 6.88. The van der Waals surface area contributed by atoms with Crippen molar-refractivity contribution in [3.05, 3.63) is 24.3 Å². The Balaban J connectivity index is 1.67. The molecule has 6 nitrogen and oxygen atoms in total. The number of hydrogen-bond donors (Lipinski definition) is 1. The molecule has 0 radical (unpaired) electrons. The minimum atomic E-state index is -3.41. The van der Waals surface area contributed by atoms with Crippen molar-refractivity contribution in [1.82, 2.24) is 9.21 Å². The molecule has 2 saturated heterocycles. The first kappa shape index (κ1) is 16.3. The van der Waals surface area contributed by atoms with Gasteiger partial charge in [-0.1, -0.05) is 6.42 Å². The zero-order valence-corrected chi connectivity index (χ0v) is 14.0. The zero-order valence-electron chi connectivity index (χ0n) is 13.2. The molecular formula is C16H23N3O3S. The number of hydrogen-bond acceptors (Lipinski definition) is 3. The van der Waals surface area contributed by atoms with Gasteiger partial charge in [-0.2, -0.15) is 4.31 Å². The van der Waals surface area contributed by atoms with Gasteiger partial charge in [0, 0.05) is 31.9 Å². The van der Waals surface area contributed by atoms with Crippen LogP contribution in [0, 0.1) is 0 Å². The van der Waals surface area contributed by atoms with Crippen LogP contribution in [-0.2, 0) is 10.0 Å². The standard InChI is InChI=1S/C16H23N3O3S/c20-16(18-10-4-5-11-18)17-14-6-8-15(9-7-14)23(21,22)19-12-2-1-3-13-19/h6-9H,1-5,10-13H2,(H,17,20). The van der Waals surface area contributed by atoms with E-state index in [2.05, 4.69) is 5.32 Å². The lowest BCUT2D eigenvalue weighted by atomic mass is 10.2. The maximum Gasteiger partial charge on any atom is 0.321 e. The third-order valence-corrected chi connectivity index (χ3v) is 6.36. The highest BCUT2D eigenvalue weighted by Gasteiger charge is 2.25. The van der Waals surface area contributed by atoms with E-state index in [9.17, 15) is 13.2 Å². The third kappa shape index (κ3) is 3.67. The van der Waals surface area contributed by atoms with Crippen LogP contribution >= 0.6 is 0 Å². The molecule has 2 aliphatic heterocycles. The first-order valence-electron chi connectivity index (χ1n) is 8.23. The fourth-order valence-electron chi connectivity index (χ4n) is 3.09. The summed E-state index contributed by atoms with van der Waals surface area (Å²) in [6.45, 7) is 2.76. The van der Waals surface area contributed by atoms with Crippen LogP contribution in [0.4, 0.5) is 10.5 Å². The summed E-state index contributed by atoms with van der Waals surface area (Å²) in [6, 6.07) is 6.34. The van der Waals surface area contributed by atoms with Crippen LogP contribution in [0.5, 0.6) is 0 Å². The topological polar surface area (TPSA) is 69.7 Å². The van der Waals surface area contributed by atoms with Crippen molar-refractivity contribution in [2.24, 2.45) is 0 Å². The molecule has 2 heterocycles. The van der Waals surface area contributed by atoms with Crippen molar-refractivity contribution < 1.29 is 13.2 Å². The number of anilines is 1. The summed E-state index contributed by atoms with van der Waals surface area (Å²) < 4.78 is 26.7. The molecule has 0 saturated carbocycles. The smallest absolute Gasteiger partial charge is 0.321 e. The van der Waals surface area contributed by atoms with Gasteiger partial charge >= 0.3 is 6.03 Å². The van der Waals surface area contributed by atoms with E-state index in [0.29, 0.717) is 23.7 Å². The van der Waals surface area contributed by atoms with Crippen molar-refractivity contribution in [3.63, 3.8) is 0 Å². The van der Waals surface area contributed by atoms with Crippen LogP contribution in [0.1, 0.15) is 32.1 Å². The molecule has 23 heavy (non-hydrogen) atoms. The zero-order chi connectivity index (χ0) is 16.3. The van der Waals surface area contributed by atoms with Gasteiger partial charge in [-0.05, 0) is 49.9 Å². The third-order valence-electron chi connectivity index (χ3n) is 4.45. The Hall–Kier alpha value is -1.60. The van der Waals surface area contributed by atoms with Crippen LogP contribution in [0.2, 0.25) is 0 Å². The number of sulfonamides is 1. The number of carbonyl (C=O) groups is 1. The van der Waals surface area contributed by atoms with Crippen molar-refractivity contribution in [2.45, 2.75) is 37.0 Å². The van der Waals surface area contributed by atoms with E-state index in [1.165, 1.54) is 0 Å². The first-order chi connectivity index (χ1) is 11.1. The predicted octanol–water partition coefficient (Wildman–Crippen LogP) is 2.49. The molecule has 0 unspecified atom stereocenters. The predicted molar refractivity (Wildman–Crippen MR) is 88.9 cm³/mol. The Bertz CT molecular complexity index is 646. The second-order valence-corrected chi connectivity index (χ2v) is 8.05. The molecule has 7 heteroatoms. The SMILES string of the molecule is O=C(Nc1ccc(S(=O)(=O)N2CCCCC2)cc1)N1CCCC1. The summed E-state index contributed by atoms with van der Waals surface area (Å²) in [5.74, 6) is 0. The Morgan fingerprint density at radius 2 is 1.43 bits per heavy atom. The molecule has 126 valence electrons. The molecule has 2 amide bonds. The number of rotatable bonds is 3. The molecule has 0 bridgehead atoms. The fourth-order valence-corrected chi connectivity index (χ4v) is 4.60. The molecule has 0 atom stereocenters. The lowest BCUT2D eigenvalue weighted by Gasteiger charge is -2.26. The number of nitrogens with zero attached hydrogens (tertiary/aromatic N) is 2. The number of carbonyl (C=O) groups excluding carboxylic acids is 1. The summed E-state index contributed by atoms with van der Waals surface area (Å²) >= 11 is 0. The average Bonchev–Trinajstić information content (AvgIpc) is 3.11. The van der Waals surface area contributed by atoms with Gasteiger partial charge in [0.25, 0.3) is 0 Å². The second-order valence-electron chi connectivity index (χ2n) is 6.11. The monoisotopic (exact) mass is 337 g/mol. The van der Waals surface area contributed by atoms with E-state index in [1.807, 2.05) is 0 Å². The number of benzene rings is 1. The molecule has 2 fully saturated rings. The van der Waals surface area contributed by atoms with Crippen molar-refractivity contribution >= 4 is 21.7 Å². The van der Waals surface area contributed by atoms with Gasteiger partial charge in [0.1, 0.15) is 0 Å². The summed E-state index contributed by atoms with van der Waals surface area (Å²) in [5, 5.41) is 2.82. The van der Waals surface area contributed by atoms with Crippen LogP contribution in [0.15, 0.2) is 29.2 Å². The average molecular weight is 337 g/mol. The Labute approximate surface area is 137 Å². The largest absolute Gasteiger partial charge is 0.325 e. The van der Waals surface area contributed by atoms with E-state index < -0.39 is 10.0 Å². The highest BCUT2D eigenvalue weighted by Crippen LogP contribution is 2.22. The Kier molecular flexibility index (Phi) is 4.87. The lowest BCUT2D eigenvalue weighted by Crippen LogP contribution is -2.35. The summed E-state index contributed by atoms with van der Waals surface area (Å²) in [7, 11) is -3.41. The summed E-state index contributed by atoms with van der Waals surface area (Å²) in [4.78, 5) is 14.1. The fraction of sp³-hybridized carbons (Fsp3) is 0.562. The van der Waals surface area contributed by atoms with E-state index in [0.717, 1.165) is 45.2 Å². The van der Waals surface area contributed by atoms with Crippen molar-refractivity contribution in [1.29, 1.82) is 0 Å². The van der Waals surface area contributed by atoms with Crippen molar-refractivity contribution in [2.75, 3.05) is 31.5 Å². The molecule has 3 rings (SSSR count). The van der Waals surface area contributed by atoms with Gasteiger partial charge in [0.15, 0.2) is 0 Å². The highest BCUT2D eigenvalue weighted by molar-refractivity contribution is 7.89. The van der Waals surface area contributed by atoms with Crippen LogP contribution < -0.4 is 5.32 Å². The highest BCUT2D eigenvalue weighted by atomic mass is 32.2. The normalized spacial score (nSPS) is 19.7. The van der Waals surface area contributed by atoms with Crippen LogP contribution in [0.3, 0.4) is 0 Å². The molecule has 0 aromatic heterocycles. The van der Waals surface area contributed by atoms with Crippen molar-refractivity contribution in [3.8, 4) is 0 Å². The lowest BCUT2D eigenvalue weighted by molar-refractivity contribution is 0.222. The number of piperidine rings is 1. The Morgan fingerprint density at radius 3 is 2.04 bits per heavy atom. The van der Waals surface area contributed by atoms with Crippen LogP contribution in [0.25, 0.3) is 0 Å². The van der Waals surface area contributed by atoms with E-state index >= 15 is 0 Å². The quantitative estimate of drug-likeness (QED) is 0.921. The number of likely N-dealkylation sites (tertiary alicyclic amines) is 1. The molecule has 1 aromatic rings. The molecular weight excluding hydrogens is 314 g/mol. The molecule has 0 spiro atoms. The maximum atomic E-state index is 12.6. The molecule has 1 aromatic carbocycles. The van der Waals surface area contributed by atoms with Gasteiger partial charge in [-0.3, -0.25) is 0 Å². The van der Waals surface area contributed by atoms with Crippen LogP contribution in [-0.4, -0.2) is 49.8 Å².